The average molecular weight is 275 g/mol. The lowest BCUT2D eigenvalue weighted by atomic mass is 9.97. The van der Waals surface area contributed by atoms with E-state index in [9.17, 15) is 0 Å². The molecule has 0 aliphatic rings. The fourth-order valence-electron chi connectivity index (χ4n) is 1.85. The van der Waals surface area contributed by atoms with Crippen LogP contribution in [0.15, 0.2) is 28.7 Å². The molecule has 1 aromatic heterocycles. The highest BCUT2D eigenvalue weighted by Gasteiger charge is 2.22. The molecule has 0 unspecified atom stereocenters. The van der Waals surface area contributed by atoms with Crippen molar-refractivity contribution in [1.29, 1.82) is 0 Å². The van der Waals surface area contributed by atoms with Crippen molar-refractivity contribution in [1.82, 2.24) is 10.2 Å². The lowest BCUT2D eigenvalue weighted by Crippen LogP contribution is -2.17. The molecule has 20 heavy (non-hydrogen) atoms. The van der Waals surface area contributed by atoms with E-state index in [2.05, 4.69) is 10.2 Å². The van der Waals surface area contributed by atoms with Gasteiger partial charge in [0, 0.05) is 12.5 Å². The van der Waals surface area contributed by atoms with Gasteiger partial charge in [-0.05, 0) is 12.1 Å². The van der Waals surface area contributed by atoms with Gasteiger partial charge in [-0.3, -0.25) is 0 Å². The molecule has 0 saturated heterocycles. The maximum absolute atomic E-state index is 5.71. The molecule has 2 aromatic rings. The minimum absolute atomic E-state index is 0.131. The highest BCUT2D eigenvalue weighted by Crippen LogP contribution is 2.28. The molecule has 5 heteroatoms. The van der Waals surface area contributed by atoms with E-state index in [1.165, 1.54) is 0 Å². The van der Waals surface area contributed by atoms with Crippen LogP contribution in [0.1, 0.15) is 32.6 Å². The standard InChI is InChI=1S/C15H21N3O2/c1-15(2,3)14-17-16-13(20-14)10-18(4)11-8-6-7-9-12(11)19-5/h6-9H,10H2,1-5H3. The first-order chi connectivity index (χ1) is 9.41. The number of methoxy groups -OCH3 is 1. The Morgan fingerprint density at radius 2 is 1.90 bits per heavy atom. The second kappa shape index (κ2) is 5.53. The van der Waals surface area contributed by atoms with Crippen molar-refractivity contribution in [2.75, 3.05) is 19.1 Å². The van der Waals surface area contributed by atoms with Crippen LogP contribution in [0.5, 0.6) is 5.75 Å². The zero-order chi connectivity index (χ0) is 14.8. The first kappa shape index (κ1) is 14.4. The van der Waals surface area contributed by atoms with Gasteiger partial charge in [-0.15, -0.1) is 10.2 Å². The van der Waals surface area contributed by atoms with Crippen LogP contribution in [-0.4, -0.2) is 24.4 Å². The predicted molar refractivity (Wildman–Crippen MR) is 78.1 cm³/mol. The van der Waals surface area contributed by atoms with Gasteiger partial charge in [0.25, 0.3) is 0 Å². The van der Waals surface area contributed by atoms with Crippen molar-refractivity contribution in [2.45, 2.75) is 32.7 Å². The minimum Gasteiger partial charge on any atom is -0.495 e. The van der Waals surface area contributed by atoms with Crippen LogP contribution in [0.25, 0.3) is 0 Å². The molecule has 5 nitrogen and oxygen atoms in total. The smallest absolute Gasteiger partial charge is 0.235 e. The van der Waals surface area contributed by atoms with Gasteiger partial charge in [0.15, 0.2) is 0 Å². The Balaban J connectivity index is 2.15. The maximum atomic E-state index is 5.71. The Labute approximate surface area is 119 Å². The Hall–Kier alpha value is -2.04. The van der Waals surface area contributed by atoms with Crippen molar-refractivity contribution in [2.24, 2.45) is 0 Å². The van der Waals surface area contributed by atoms with Gasteiger partial charge in [-0.25, -0.2) is 0 Å². The summed E-state index contributed by atoms with van der Waals surface area (Å²) in [4.78, 5) is 2.03. The minimum atomic E-state index is -0.131. The molecule has 0 N–H and O–H groups in total. The quantitative estimate of drug-likeness (QED) is 0.858. The fraction of sp³-hybridized carbons (Fsp3) is 0.467. The number of hydrogen-bond donors (Lipinski definition) is 0. The number of para-hydroxylation sites is 2. The van der Waals surface area contributed by atoms with Crippen LogP contribution >= 0.6 is 0 Å². The third-order valence-corrected chi connectivity index (χ3v) is 2.98. The summed E-state index contributed by atoms with van der Waals surface area (Å²) >= 11 is 0. The van der Waals surface area contributed by atoms with E-state index >= 15 is 0 Å². The number of aromatic nitrogens is 2. The maximum Gasteiger partial charge on any atom is 0.235 e. The summed E-state index contributed by atoms with van der Waals surface area (Å²) in [7, 11) is 3.63. The van der Waals surface area contributed by atoms with Crippen molar-refractivity contribution in [3.63, 3.8) is 0 Å². The molecule has 0 aliphatic carbocycles. The van der Waals surface area contributed by atoms with Gasteiger partial charge in [0.05, 0.1) is 19.3 Å². The summed E-state index contributed by atoms with van der Waals surface area (Å²) in [5, 5.41) is 8.21. The molecule has 0 radical (unpaired) electrons. The summed E-state index contributed by atoms with van der Waals surface area (Å²) in [6, 6.07) is 7.85. The van der Waals surface area contributed by atoms with Gasteiger partial charge in [0.1, 0.15) is 5.75 Å². The number of hydrogen-bond acceptors (Lipinski definition) is 5. The SMILES string of the molecule is COc1ccccc1N(C)Cc1nnc(C(C)(C)C)o1. The Morgan fingerprint density at radius 1 is 1.20 bits per heavy atom. The molecule has 108 valence electrons. The van der Waals surface area contributed by atoms with E-state index in [-0.39, 0.29) is 5.41 Å². The number of nitrogens with zero attached hydrogens (tertiary/aromatic N) is 3. The fourth-order valence-corrected chi connectivity index (χ4v) is 1.85. The molecule has 1 heterocycles. The number of benzene rings is 1. The molecule has 0 fully saturated rings. The molecule has 0 atom stereocenters. The molecule has 2 rings (SSSR count). The summed E-state index contributed by atoms with van der Waals surface area (Å²) < 4.78 is 11.1. The molecule has 0 bridgehead atoms. The molecule has 1 aromatic carbocycles. The molecule has 0 aliphatic heterocycles. The number of rotatable bonds is 4. The third kappa shape index (κ3) is 3.10. The Kier molecular flexibility index (Phi) is 3.97. The lowest BCUT2D eigenvalue weighted by molar-refractivity contribution is 0.370. The van der Waals surface area contributed by atoms with Crippen LogP contribution < -0.4 is 9.64 Å². The summed E-state index contributed by atoms with van der Waals surface area (Å²) in [6.07, 6.45) is 0. The van der Waals surface area contributed by atoms with Gasteiger partial charge >= 0.3 is 0 Å². The van der Waals surface area contributed by atoms with Crippen molar-refractivity contribution >= 4 is 5.69 Å². The number of ether oxygens (including phenoxy) is 1. The predicted octanol–water partition coefficient (Wildman–Crippen LogP) is 3.01. The summed E-state index contributed by atoms with van der Waals surface area (Å²) in [5.74, 6) is 2.08. The van der Waals surface area contributed by atoms with Crippen LogP contribution in [-0.2, 0) is 12.0 Å². The number of anilines is 1. The average Bonchev–Trinajstić information content (AvgIpc) is 2.87. The van der Waals surface area contributed by atoms with Crippen molar-refractivity contribution in [3.05, 3.63) is 36.0 Å². The van der Waals surface area contributed by atoms with E-state index < -0.39 is 0 Å². The van der Waals surface area contributed by atoms with Crippen LogP contribution in [0.4, 0.5) is 5.69 Å². The van der Waals surface area contributed by atoms with Crippen LogP contribution in [0.2, 0.25) is 0 Å². The molecule has 0 amide bonds. The van der Waals surface area contributed by atoms with Gasteiger partial charge < -0.3 is 14.1 Å². The highest BCUT2D eigenvalue weighted by atomic mass is 16.5. The van der Waals surface area contributed by atoms with Gasteiger partial charge in [0.2, 0.25) is 11.8 Å². The zero-order valence-corrected chi connectivity index (χ0v) is 12.7. The lowest BCUT2D eigenvalue weighted by Gasteiger charge is -2.19. The van der Waals surface area contributed by atoms with E-state index in [1.54, 1.807) is 7.11 Å². The van der Waals surface area contributed by atoms with Crippen molar-refractivity contribution < 1.29 is 9.15 Å². The van der Waals surface area contributed by atoms with E-state index in [0.717, 1.165) is 11.4 Å². The summed E-state index contributed by atoms with van der Waals surface area (Å²) in [5.41, 5.74) is 0.861. The van der Waals surface area contributed by atoms with E-state index in [0.29, 0.717) is 18.3 Å². The second-order valence-electron chi connectivity index (χ2n) is 5.78. The van der Waals surface area contributed by atoms with Crippen LogP contribution in [0, 0.1) is 0 Å². The largest absolute Gasteiger partial charge is 0.495 e. The molecule has 0 spiro atoms. The van der Waals surface area contributed by atoms with Gasteiger partial charge in [-0.2, -0.15) is 0 Å². The van der Waals surface area contributed by atoms with Crippen molar-refractivity contribution in [3.8, 4) is 5.75 Å². The third-order valence-electron chi connectivity index (χ3n) is 2.98. The normalized spacial score (nSPS) is 11.4. The Bertz CT molecular complexity index is 572. The second-order valence-corrected chi connectivity index (χ2v) is 5.78. The van der Waals surface area contributed by atoms with Gasteiger partial charge in [-0.1, -0.05) is 32.9 Å². The Morgan fingerprint density at radius 3 is 2.50 bits per heavy atom. The van der Waals surface area contributed by atoms with Crippen LogP contribution in [0.3, 0.4) is 0 Å². The first-order valence-corrected chi connectivity index (χ1v) is 6.59. The molecule has 0 saturated carbocycles. The molecular weight excluding hydrogens is 254 g/mol. The highest BCUT2D eigenvalue weighted by molar-refractivity contribution is 5.57. The first-order valence-electron chi connectivity index (χ1n) is 6.59. The van der Waals surface area contributed by atoms with E-state index in [1.807, 2.05) is 57.0 Å². The monoisotopic (exact) mass is 275 g/mol. The zero-order valence-electron chi connectivity index (χ0n) is 12.7. The van der Waals surface area contributed by atoms with E-state index in [4.69, 9.17) is 9.15 Å². The topological polar surface area (TPSA) is 51.4 Å². The molecular formula is C15H21N3O2. The summed E-state index contributed by atoms with van der Waals surface area (Å²) in [6.45, 7) is 6.69.